The zero-order chi connectivity index (χ0) is 13.8. The van der Waals surface area contributed by atoms with Gasteiger partial charge in [0.15, 0.2) is 6.04 Å². The highest BCUT2D eigenvalue weighted by atomic mass is 16.6. The molecule has 0 aromatic heterocycles. The van der Waals surface area contributed by atoms with Crippen LogP contribution in [0.5, 0.6) is 0 Å². The summed E-state index contributed by atoms with van der Waals surface area (Å²) >= 11 is 0. The van der Waals surface area contributed by atoms with Gasteiger partial charge < -0.3 is 14.6 Å². The van der Waals surface area contributed by atoms with Gasteiger partial charge in [0.05, 0.1) is 13.2 Å². The predicted molar refractivity (Wildman–Crippen MR) is 64.3 cm³/mol. The van der Waals surface area contributed by atoms with Crippen molar-refractivity contribution in [2.45, 2.75) is 19.9 Å². The molecule has 1 fully saturated rings. The molecular formula is C12H19NO5. The molecule has 0 radical (unpaired) electrons. The monoisotopic (exact) mass is 257 g/mol. The number of aliphatic carboxylic acids is 1. The first-order chi connectivity index (χ1) is 8.37. The van der Waals surface area contributed by atoms with Crippen molar-refractivity contribution in [3.63, 3.8) is 0 Å². The molecule has 1 aliphatic heterocycles. The zero-order valence-corrected chi connectivity index (χ0v) is 10.7. The van der Waals surface area contributed by atoms with Gasteiger partial charge in [-0.25, -0.2) is 9.59 Å². The molecule has 18 heavy (non-hydrogen) atoms. The molecule has 1 N–H and O–H groups in total. The summed E-state index contributed by atoms with van der Waals surface area (Å²) in [6, 6.07) is -1.01. The Bertz CT molecular complexity index is 339. The van der Waals surface area contributed by atoms with E-state index in [9.17, 15) is 9.59 Å². The van der Waals surface area contributed by atoms with E-state index in [2.05, 4.69) is 6.58 Å². The van der Waals surface area contributed by atoms with E-state index in [1.165, 1.54) is 11.0 Å². The van der Waals surface area contributed by atoms with Gasteiger partial charge in [-0.3, -0.25) is 4.90 Å². The molecule has 1 heterocycles. The van der Waals surface area contributed by atoms with Gasteiger partial charge in [-0.05, 0) is 0 Å². The Hall–Kier alpha value is -1.56. The van der Waals surface area contributed by atoms with Gasteiger partial charge in [0, 0.05) is 12.0 Å². The van der Waals surface area contributed by atoms with Gasteiger partial charge in [-0.2, -0.15) is 0 Å². The summed E-state index contributed by atoms with van der Waals surface area (Å²) in [7, 11) is 0. The van der Waals surface area contributed by atoms with E-state index < -0.39 is 18.1 Å². The first kappa shape index (κ1) is 14.5. The lowest BCUT2D eigenvalue weighted by atomic mass is 9.94. The molecule has 0 aliphatic carbocycles. The largest absolute Gasteiger partial charge is 0.480 e. The first-order valence-electron chi connectivity index (χ1n) is 5.72. The highest BCUT2D eigenvalue weighted by molar-refractivity contribution is 5.80. The number of ether oxygens (including phenoxy) is 2. The third-order valence-corrected chi connectivity index (χ3v) is 2.59. The van der Waals surface area contributed by atoms with E-state index in [0.717, 1.165) is 0 Å². The highest BCUT2D eigenvalue weighted by Gasteiger charge is 2.38. The maximum absolute atomic E-state index is 11.8. The molecular weight excluding hydrogens is 238 g/mol. The molecule has 6 heteroatoms. The van der Waals surface area contributed by atoms with Crippen molar-refractivity contribution in [1.29, 1.82) is 0 Å². The first-order valence-corrected chi connectivity index (χ1v) is 5.72. The van der Waals surface area contributed by atoms with E-state index in [0.29, 0.717) is 6.61 Å². The van der Waals surface area contributed by atoms with Crippen LogP contribution in [0.3, 0.4) is 0 Å². The van der Waals surface area contributed by atoms with Crippen molar-refractivity contribution >= 4 is 12.1 Å². The van der Waals surface area contributed by atoms with Crippen LogP contribution in [0.1, 0.15) is 13.8 Å². The average Bonchev–Trinajstić information content (AvgIpc) is 2.44. The molecule has 0 saturated carbocycles. The summed E-state index contributed by atoms with van der Waals surface area (Å²) in [6.07, 6.45) is 0.786. The molecule has 102 valence electrons. The number of nitrogens with zero attached hydrogens (tertiary/aromatic N) is 1. The molecule has 0 aromatic rings. The van der Waals surface area contributed by atoms with Crippen LogP contribution < -0.4 is 0 Å². The topological polar surface area (TPSA) is 76.1 Å². The highest BCUT2D eigenvalue weighted by Crippen LogP contribution is 2.23. The van der Waals surface area contributed by atoms with Gasteiger partial charge in [0.1, 0.15) is 6.61 Å². The van der Waals surface area contributed by atoms with Crippen molar-refractivity contribution in [3.05, 3.63) is 12.7 Å². The zero-order valence-electron chi connectivity index (χ0n) is 10.7. The molecule has 1 saturated heterocycles. The van der Waals surface area contributed by atoms with Gasteiger partial charge in [0.2, 0.25) is 0 Å². The van der Waals surface area contributed by atoms with Gasteiger partial charge >= 0.3 is 12.1 Å². The number of hydrogen-bond donors (Lipinski definition) is 1. The minimum Gasteiger partial charge on any atom is -0.480 e. The number of rotatable bonds is 3. The summed E-state index contributed by atoms with van der Waals surface area (Å²) < 4.78 is 10.2. The average molecular weight is 257 g/mol. The van der Waals surface area contributed by atoms with Crippen molar-refractivity contribution in [3.8, 4) is 0 Å². The van der Waals surface area contributed by atoms with E-state index in [1.807, 2.05) is 13.8 Å². The van der Waals surface area contributed by atoms with Crippen LogP contribution in [-0.2, 0) is 14.3 Å². The van der Waals surface area contributed by atoms with Crippen LogP contribution >= 0.6 is 0 Å². The van der Waals surface area contributed by atoms with Crippen molar-refractivity contribution < 1.29 is 24.2 Å². The Balaban J connectivity index is 2.86. The van der Waals surface area contributed by atoms with Crippen LogP contribution in [0.25, 0.3) is 0 Å². The SMILES string of the molecule is C=CCOC(=O)N1CC(C)(C)COCC1C(=O)O. The van der Waals surface area contributed by atoms with Gasteiger partial charge in [-0.15, -0.1) is 0 Å². The predicted octanol–water partition coefficient (Wildman–Crippen LogP) is 1.12. The molecule has 1 unspecified atom stereocenters. The summed E-state index contributed by atoms with van der Waals surface area (Å²) in [5, 5.41) is 9.13. The second-order valence-corrected chi connectivity index (χ2v) is 5.03. The minimum atomic E-state index is -1.09. The Morgan fingerprint density at radius 1 is 1.61 bits per heavy atom. The second-order valence-electron chi connectivity index (χ2n) is 5.03. The summed E-state index contributed by atoms with van der Waals surface area (Å²) in [6.45, 7) is 7.97. The molecule has 6 nitrogen and oxygen atoms in total. The van der Waals surface area contributed by atoms with Crippen LogP contribution in [0.15, 0.2) is 12.7 Å². The van der Waals surface area contributed by atoms with Crippen LogP contribution in [-0.4, -0.2) is 54.5 Å². The number of carbonyl (C=O) groups is 2. The Kier molecular flexibility index (Phi) is 4.72. The Morgan fingerprint density at radius 3 is 2.83 bits per heavy atom. The standard InChI is InChI=1S/C12H19NO5/c1-4-5-18-11(16)13-7-12(2,3)8-17-6-9(13)10(14)15/h4,9H,1,5-8H2,2-3H3,(H,14,15). The van der Waals surface area contributed by atoms with Crippen LogP contribution in [0, 0.1) is 5.41 Å². The lowest BCUT2D eigenvalue weighted by Crippen LogP contribution is -2.49. The van der Waals surface area contributed by atoms with Crippen molar-refractivity contribution in [2.24, 2.45) is 5.41 Å². The molecule has 1 aliphatic rings. The molecule has 1 amide bonds. The fourth-order valence-electron chi connectivity index (χ4n) is 1.76. The quantitative estimate of drug-likeness (QED) is 0.767. The summed E-state index contributed by atoms with van der Waals surface area (Å²) in [4.78, 5) is 24.2. The molecule has 0 bridgehead atoms. The molecule has 0 spiro atoms. The Morgan fingerprint density at radius 2 is 2.28 bits per heavy atom. The van der Waals surface area contributed by atoms with Crippen LogP contribution in [0.2, 0.25) is 0 Å². The minimum absolute atomic E-state index is 0.0258. The van der Waals surface area contributed by atoms with E-state index in [4.69, 9.17) is 14.6 Å². The normalized spacial score (nSPS) is 23.0. The second kappa shape index (κ2) is 5.86. The molecule has 0 aromatic carbocycles. The van der Waals surface area contributed by atoms with E-state index >= 15 is 0 Å². The maximum atomic E-state index is 11.8. The number of amides is 1. The fourth-order valence-corrected chi connectivity index (χ4v) is 1.76. The van der Waals surface area contributed by atoms with Gasteiger partial charge in [0.25, 0.3) is 0 Å². The maximum Gasteiger partial charge on any atom is 0.410 e. The number of hydrogen-bond acceptors (Lipinski definition) is 4. The third-order valence-electron chi connectivity index (χ3n) is 2.59. The lowest BCUT2D eigenvalue weighted by Gasteiger charge is -2.30. The molecule has 1 atom stereocenters. The number of carbonyl (C=O) groups excluding carboxylic acids is 1. The molecule has 1 rings (SSSR count). The lowest BCUT2D eigenvalue weighted by molar-refractivity contribution is -0.144. The van der Waals surface area contributed by atoms with Gasteiger partial charge in [-0.1, -0.05) is 26.5 Å². The van der Waals surface area contributed by atoms with Crippen LogP contribution in [0.4, 0.5) is 4.79 Å². The summed E-state index contributed by atoms with van der Waals surface area (Å²) in [5.41, 5.74) is -0.308. The fraction of sp³-hybridized carbons (Fsp3) is 0.667. The summed E-state index contributed by atoms with van der Waals surface area (Å²) in [5.74, 6) is -1.09. The third kappa shape index (κ3) is 3.73. The smallest absolute Gasteiger partial charge is 0.410 e. The van der Waals surface area contributed by atoms with Crippen molar-refractivity contribution in [1.82, 2.24) is 4.90 Å². The van der Waals surface area contributed by atoms with E-state index in [1.54, 1.807) is 0 Å². The van der Waals surface area contributed by atoms with E-state index in [-0.39, 0.29) is 25.2 Å². The number of carboxylic acid groups (broad SMARTS) is 1. The number of carboxylic acids is 1. The Labute approximate surface area is 106 Å². The van der Waals surface area contributed by atoms with Crippen molar-refractivity contribution in [2.75, 3.05) is 26.4 Å².